The van der Waals surface area contributed by atoms with Crippen molar-refractivity contribution in [3.05, 3.63) is 23.4 Å². The quantitative estimate of drug-likeness (QED) is 0.699. The number of nitrogens with zero attached hydrogens (tertiary/aromatic N) is 1. The molecule has 0 unspecified atom stereocenters. The van der Waals surface area contributed by atoms with E-state index in [1.165, 1.54) is 0 Å². The Morgan fingerprint density at radius 2 is 2.36 bits per heavy atom. The highest BCUT2D eigenvalue weighted by Gasteiger charge is 1.97. The van der Waals surface area contributed by atoms with E-state index < -0.39 is 0 Å². The van der Waals surface area contributed by atoms with E-state index in [1.807, 2.05) is 0 Å². The number of rotatable bonds is 6. The monoisotopic (exact) mass is 215 g/mol. The molecule has 78 valence electrons. The third-order valence-corrected chi connectivity index (χ3v) is 1.86. The van der Waals surface area contributed by atoms with Crippen LogP contribution in [0.1, 0.15) is 0 Å². The van der Waals surface area contributed by atoms with Gasteiger partial charge in [0.15, 0.2) is 0 Å². The summed E-state index contributed by atoms with van der Waals surface area (Å²) < 4.78 is 5.19. The van der Waals surface area contributed by atoms with E-state index in [0.717, 1.165) is 0 Å². The van der Waals surface area contributed by atoms with Gasteiger partial charge in [-0.1, -0.05) is 11.6 Å². The Bertz CT molecular complexity index is 270. The Hall–Kier alpha value is -0.840. The highest BCUT2D eigenvalue weighted by atomic mass is 35.5. The predicted octanol–water partition coefficient (Wildman–Crippen LogP) is 1.12. The van der Waals surface area contributed by atoms with Gasteiger partial charge in [-0.3, -0.25) is 0 Å². The van der Waals surface area contributed by atoms with Crippen molar-refractivity contribution in [3.63, 3.8) is 0 Å². The smallest absolute Gasteiger partial charge is 0.144 e. The van der Waals surface area contributed by atoms with Crippen LogP contribution >= 0.6 is 11.6 Å². The maximum absolute atomic E-state index is 5.88. The minimum Gasteiger partial charge on any atom is -0.378 e. The van der Waals surface area contributed by atoms with Crippen LogP contribution in [0.5, 0.6) is 0 Å². The van der Waals surface area contributed by atoms with E-state index in [4.69, 9.17) is 22.1 Å². The van der Waals surface area contributed by atoms with Gasteiger partial charge in [0.05, 0.1) is 18.2 Å². The van der Waals surface area contributed by atoms with Crippen molar-refractivity contribution in [1.29, 1.82) is 0 Å². The van der Waals surface area contributed by atoms with Gasteiger partial charge in [-0.2, -0.15) is 0 Å². The Labute approximate surface area is 88.4 Å². The van der Waals surface area contributed by atoms with E-state index >= 15 is 0 Å². The molecule has 0 amide bonds. The fourth-order valence-corrected chi connectivity index (χ4v) is 1.13. The Morgan fingerprint density at radius 1 is 1.50 bits per heavy atom. The Balaban J connectivity index is 2.21. The molecular weight excluding hydrogens is 202 g/mol. The van der Waals surface area contributed by atoms with Crippen LogP contribution in [0.2, 0.25) is 5.02 Å². The molecule has 0 bridgehead atoms. The van der Waals surface area contributed by atoms with Gasteiger partial charge in [-0.05, 0) is 12.1 Å². The van der Waals surface area contributed by atoms with E-state index in [0.29, 0.717) is 37.1 Å². The number of hydrogen-bond donors (Lipinski definition) is 2. The fraction of sp³-hybridized carbons (Fsp3) is 0.444. The molecule has 0 spiro atoms. The van der Waals surface area contributed by atoms with Crippen molar-refractivity contribution < 1.29 is 4.74 Å². The van der Waals surface area contributed by atoms with Crippen LogP contribution in [0.25, 0.3) is 0 Å². The van der Waals surface area contributed by atoms with Gasteiger partial charge in [0.25, 0.3) is 0 Å². The lowest BCUT2D eigenvalue weighted by Gasteiger charge is -2.06. The summed E-state index contributed by atoms with van der Waals surface area (Å²) in [7, 11) is 0. The number of halogens is 1. The zero-order chi connectivity index (χ0) is 10.2. The molecule has 1 aromatic heterocycles. The first-order valence-corrected chi connectivity index (χ1v) is 4.84. The van der Waals surface area contributed by atoms with Crippen LogP contribution in [-0.2, 0) is 4.74 Å². The topological polar surface area (TPSA) is 60.2 Å². The van der Waals surface area contributed by atoms with Gasteiger partial charge >= 0.3 is 0 Å². The number of pyridine rings is 1. The van der Waals surface area contributed by atoms with Crippen molar-refractivity contribution in [2.24, 2.45) is 5.73 Å². The van der Waals surface area contributed by atoms with Crippen LogP contribution < -0.4 is 11.1 Å². The molecule has 5 heteroatoms. The number of nitrogens with one attached hydrogen (secondary N) is 1. The summed E-state index contributed by atoms with van der Waals surface area (Å²) in [6.45, 7) is 2.41. The average molecular weight is 216 g/mol. The highest BCUT2D eigenvalue weighted by Crippen LogP contribution is 2.16. The number of anilines is 1. The maximum Gasteiger partial charge on any atom is 0.144 e. The molecular formula is C9H14ClN3O. The Kier molecular flexibility index (Phi) is 5.29. The number of hydrogen-bond acceptors (Lipinski definition) is 4. The van der Waals surface area contributed by atoms with Crippen LogP contribution in [0.4, 0.5) is 5.82 Å². The molecule has 0 atom stereocenters. The SMILES string of the molecule is NCCOCCNc1ncccc1Cl. The van der Waals surface area contributed by atoms with E-state index in [2.05, 4.69) is 10.3 Å². The highest BCUT2D eigenvalue weighted by molar-refractivity contribution is 6.32. The van der Waals surface area contributed by atoms with Crippen LogP contribution in [0.3, 0.4) is 0 Å². The molecule has 14 heavy (non-hydrogen) atoms. The largest absolute Gasteiger partial charge is 0.378 e. The molecule has 1 heterocycles. The lowest BCUT2D eigenvalue weighted by atomic mass is 10.4. The van der Waals surface area contributed by atoms with Gasteiger partial charge < -0.3 is 15.8 Å². The van der Waals surface area contributed by atoms with E-state index in [1.54, 1.807) is 18.3 Å². The first-order valence-electron chi connectivity index (χ1n) is 4.47. The molecule has 0 aliphatic rings. The molecule has 0 saturated carbocycles. The lowest BCUT2D eigenvalue weighted by molar-refractivity contribution is 0.151. The summed E-state index contributed by atoms with van der Waals surface area (Å²) in [5.41, 5.74) is 5.27. The molecule has 0 radical (unpaired) electrons. The van der Waals surface area contributed by atoms with E-state index in [9.17, 15) is 0 Å². The zero-order valence-corrected chi connectivity index (χ0v) is 8.63. The molecule has 0 aliphatic carbocycles. The number of aromatic nitrogens is 1. The second kappa shape index (κ2) is 6.59. The van der Waals surface area contributed by atoms with Gasteiger partial charge in [0.2, 0.25) is 0 Å². The number of nitrogens with two attached hydrogens (primary N) is 1. The lowest BCUT2D eigenvalue weighted by Crippen LogP contribution is -2.14. The molecule has 0 aliphatic heterocycles. The Morgan fingerprint density at radius 3 is 3.07 bits per heavy atom. The first kappa shape index (κ1) is 11.2. The van der Waals surface area contributed by atoms with Gasteiger partial charge in [-0.25, -0.2) is 4.98 Å². The second-order valence-electron chi connectivity index (χ2n) is 2.66. The van der Waals surface area contributed by atoms with Crippen molar-refractivity contribution >= 4 is 17.4 Å². The van der Waals surface area contributed by atoms with Crippen LogP contribution in [0.15, 0.2) is 18.3 Å². The van der Waals surface area contributed by atoms with Crippen molar-refractivity contribution in [2.75, 3.05) is 31.6 Å². The first-order chi connectivity index (χ1) is 6.84. The third kappa shape index (κ3) is 3.91. The van der Waals surface area contributed by atoms with Crippen molar-refractivity contribution in [2.45, 2.75) is 0 Å². The van der Waals surface area contributed by atoms with Crippen molar-refractivity contribution in [1.82, 2.24) is 4.98 Å². The minimum atomic E-state index is 0.546. The van der Waals surface area contributed by atoms with E-state index in [-0.39, 0.29) is 0 Å². The van der Waals surface area contributed by atoms with Gasteiger partial charge in [0.1, 0.15) is 5.82 Å². The summed E-state index contributed by atoms with van der Waals surface area (Å²) in [6.07, 6.45) is 1.69. The maximum atomic E-state index is 5.88. The van der Waals surface area contributed by atoms with Crippen molar-refractivity contribution in [3.8, 4) is 0 Å². The molecule has 3 N–H and O–H groups in total. The molecule has 0 saturated heterocycles. The summed E-state index contributed by atoms with van der Waals surface area (Å²) in [4.78, 5) is 4.07. The zero-order valence-electron chi connectivity index (χ0n) is 7.87. The van der Waals surface area contributed by atoms with Crippen LogP contribution in [-0.4, -0.2) is 31.3 Å². The molecule has 4 nitrogen and oxygen atoms in total. The summed E-state index contributed by atoms with van der Waals surface area (Å²) >= 11 is 5.88. The van der Waals surface area contributed by atoms with Gasteiger partial charge in [-0.15, -0.1) is 0 Å². The van der Waals surface area contributed by atoms with Gasteiger partial charge in [0, 0.05) is 19.3 Å². The summed E-state index contributed by atoms with van der Waals surface area (Å²) in [5, 5.41) is 3.68. The molecule has 0 aromatic carbocycles. The molecule has 0 fully saturated rings. The summed E-state index contributed by atoms with van der Waals surface area (Å²) in [6, 6.07) is 3.58. The predicted molar refractivity (Wildman–Crippen MR) is 57.6 cm³/mol. The molecule has 1 rings (SSSR count). The summed E-state index contributed by atoms with van der Waals surface area (Å²) in [5.74, 6) is 0.686. The normalized spacial score (nSPS) is 10.1. The molecule has 1 aromatic rings. The second-order valence-corrected chi connectivity index (χ2v) is 3.07. The van der Waals surface area contributed by atoms with Crippen LogP contribution in [0, 0.1) is 0 Å². The standard InChI is InChI=1S/C9H14ClN3O/c10-8-2-1-4-12-9(8)13-5-7-14-6-3-11/h1-2,4H,3,5-7,11H2,(H,12,13). The third-order valence-electron chi connectivity index (χ3n) is 1.56. The number of ether oxygens (including phenoxy) is 1. The fourth-order valence-electron chi connectivity index (χ4n) is 0.943. The average Bonchev–Trinajstić information content (AvgIpc) is 2.20. The minimum absolute atomic E-state index is 0.546.